The molecule has 0 unspecified atom stereocenters. The summed E-state index contributed by atoms with van der Waals surface area (Å²) in [6, 6.07) is 14.6. The summed E-state index contributed by atoms with van der Waals surface area (Å²) >= 11 is 0. The summed E-state index contributed by atoms with van der Waals surface area (Å²) in [5, 5.41) is 8.27. The molecule has 0 aliphatic rings. The van der Waals surface area contributed by atoms with Crippen LogP contribution in [0.3, 0.4) is 0 Å². The van der Waals surface area contributed by atoms with Crippen molar-refractivity contribution in [1.82, 2.24) is 14.6 Å². The summed E-state index contributed by atoms with van der Waals surface area (Å²) in [6.45, 7) is 5.91. The lowest BCUT2D eigenvalue weighted by molar-refractivity contribution is 0.590. The van der Waals surface area contributed by atoms with Crippen molar-refractivity contribution in [1.29, 1.82) is 0 Å². The van der Waals surface area contributed by atoms with E-state index < -0.39 is 10.0 Å². The van der Waals surface area contributed by atoms with Gasteiger partial charge < -0.3 is 0 Å². The molecule has 2 heterocycles. The smallest absolute Gasteiger partial charge is 0.268 e. The fourth-order valence-corrected chi connectivity index (χ4v) is 5.02. The van der Waals surface area contributed by atoms with Crippen LogP contribution in [0, 0.1) is 19.7 Å². The van der Waals surface area contributed by atoms with E-state index in [2.05, 4.69) is 10.2 Å². The van der Waals surface area contributed by atoms with E-state index >= 15 is 0 Å². The highest BCUT2D eigenvalue weighted by molar-refractivity contribution is 7.93. The molecule has 0 amide bonds. The molecule has 160 valence electrons. The average molecular weight is 439 g/mol. The van der Waals surface area contributed by atoms with Gasteiger partial charge in [-0.2, -0.15) is 0 Å². The van der Waals surface area contributed by atoms with E-state index in [0.717, 1.165) is 11.1 Å². The normalized spacial score (nSPS) is 11.7. The zero-order valence-electron chi connectivity index (χ0n) is 17.6. The zero-order chi connectivity index (χ0) is 22.2. The topological polar surface area (TPSA) is 67.6 Å². The van der Waals surface area contributed by atoms with Crippen molar-refractivity contribution in [3.05, 3.63) is 89.1 Å². The van der Waals surface area contributed by atoms with Gasteiger partial charge in [-0.1, -0.05) is 25.1 Å². The Morgan fingerprint density at radius 1 is 1.00 bits per heavy atom. The van der Waals surface area contributed by atoms with Gasteiger partial charge in [-0.25, -0.2) is 12.8 Å². The number of fused-ring (bicyclic) bond motifs is 1. The standard InChI is InChI=1S/C23H23FN4O2S/c1-4-22-25-26-23-21(6-5-13-27(22)23)31(29,30)28(15-18-8-10-19(24)11-9-18)20-12-7-16(2)17(3)14-20/h5-14H,4,15H2,1-3H3. The Balaban J connectivity index is 1.88. The van der Waals surface area contributed by atoms with Crippen LogP contribution in [0.25, 0.3) is 5.65 Å². The molecule has 0 N–H and O–H groups in total. The van der Waals surface area contributed by atoms with Crippen molar-refractivity contribution in [2.75, 3.05) is 4.31 Å². The van der Waals surface area contributed by atoms with Crippen molar-refractivity contribution < 1.29 is 12.8 Å². The maximum Gasteiger partial charge on any atom is 0.268 e. The van der Waals surface area contributed by atoms with Crippen LogP contribution >= 0.6 is 0 Å². The number of rotatable bonds is 6. The van der Waals surface area contributed by atoms with Gasteiger partial charge >= 0.3 is 0 Å². The average Bonchev–Trinajstić information content (AvgIpc) is 3.18. The van der Waals surface area contributed by atoms with Crippen LogP contribution in [0.5, 0.6) is 0 Å². The van der Waals surface area contributed by atoms with Gasteiger partial charge in [0.15, 0.2) is 5.65 Å². The first-order valence-corrected chi connectivity index (χ1v) is 11.4. The number of pyridine rings is 1. The van der Waals surface area contributed by atoms with Crippen LogP contribution < -0.4 is 4.31 Å². The van der Waals surface area contributed by atoms with Gasteiger partial charge in [-0.3, -0.25) is 8.71 Å². The molecule has 31 heavy (non-hydrogen) atoms. The summed E-state index contributed by atoms with van der Waals surface area (Å²) in [6.07, 6.45) is 2.38. The van der Waals surface area contributed by atoms with Crippen LogP contribution in [0.4, 0.5) is 10.1 Å². The number of aromatic nitrogens is 3. The van der Waals surface area contributed by atoms with Gasteiger partial charge in [0.25, 0.3) is 10.0 Å². The van der Waals surface area contributed by atoms with E-state index in [1.54, 1.807) is 34.9 Å². The van der Waals surface area contributed by atoms with Gasteiger partial charge in [0.2, 0.25) is 0 Å². The van der Waals surface area contributed by atoms with Gasteiger partial charge in [-0.15, -0.1) is 10.2 Å². The summed E-state index contributed by atoms with van der Waals surface area (Å²) in [7, 11) is -4.00. The molecule has 0 fully saturated rings. The second-order valence-electron chi connectivity index (χ2n) is 7.44. The van der Waals surface area contributed by atoms with Crippen molar-refractivity contribution in [2.24, 2.45) is 0 Å². The molecule has 0 saturated heterocycles. The zero-order valence-corrected chi connectivity index (χ0v) is 18.4. The number of nitrogens with zero attached hydrogens (tertiary/aromatic N) is 4. The third-order valence-corrected chi connectivity index (χ3v) is 7.17. The highest BCUT2D eigenvalue weighted by Crippen LogP contribution is 2.29. The molecule has 6 nitrogen and oxygen atoms in total. The Morgan fingerprint density at radius 3 is 2.42 bits per heavy atom. The molecular weight excluding hydrogens is 415 g/mol. The van der Waals surface area contributed by atoms with Crippen LogP contribution in [-0.4, -0.2) is 23.0 Å². The van der Waals surface area contributed by atoms with Crippen LogP contribution in [0.1, 0.15) is 29.4 Å². The highest BCUT2D eigenvalue weighted by Gasteiger charge is 2.29. The third-order valence-electron chi connectivity index (χ3n) is 5.37. The summed E-state index contributed by atoms with van der Waals surface area (Å²) in [5.41, 5.74) is 3.53. The molecule has 0 aliphatic heterocycles. The molecule has 0 saturated carbocycles. The van der Waals surface area contributed by atoms with E-state index in [9.17, 15) is 12.8 Å². The first-order valence-electron chi connectivity index (χ1n) is 9.98. The van der Waals surface area contributed by atoms with Gasteiger partial charge in [0.1, 0.15) is 16.5 Å². The van der Waals surface area contributed by atoms with Crippen LogP contribution in [-0.2, 0) is 23.0 Å². The number of halogens is 1. The van der Waals surface area contributed by atoms with Crippen LogP contribution in [0.15, 0.2) is 65.7 Å². The minimum Gasteiger partial charge on any atom is -0.285 e. The molecule has 0 atom stereocenters. The summed E-state index contributed by atoms with van der Waals surface area (Å²) < 4.78 is 44.2. The number of hydrogen-bond acceptors (Lipinski definition) is 4. The van der Waals surface area contributed by atoms with Crippen LogP contribution in [0.2, 0.25) is 0 Å². The Bertz CT molecular complexity index is 1350. The lowest BCUT2D eigenvalue weighted by atomic mass is 10.1. The second-order valence-corrected chi connectivity index (χ2v) is 9.27. The predicted molar refractivity (Wildman–Crippen MR) is 118 cm³/mol. The molecule has 0 spiro atoms. The first kappa shape index (κ1) is 21.0. The minimum atomic E-state index is -4.00. The van der Waals surface area contributed by atoms with E-state index in [-0.39, 0.29) is 22.9 Å². The Kier molecular flexibility index (Phi) is 5.49. The monoisotopic (exact) mass is 438 g/mol. The largest absolute Gasteiger partial charge is 0.285 e. The quantitative estimate of drug-likeness (QED) is 0.446. The molecule has 2 aromatic heterocycles. The lowest BCUT2D eigenvalue weighted by Crippen LogP contribution is -2.31. The highest BCUT2D eigenvalue weighted by atomic mass is 32.2. The maximum atomic E-state index is 13.9. The lowest BCUT2D eigenvalue weighted by Gasteiger charge is -2.25. The molecule has 0 bridgehead atoms. The number of benzene rings is 2. The third kappa shape index (κ3) is 3.90. The Morgan fingerprint density at radius 2 is 1.74 bits per heavy atom. The van der Waals surface area contributed by atoms with Gasteiger partial charge in [-0.05, 0) is 66.9 Å². The van der Waals surface area contributed by atoms with Crippen molar-refractivity contribution in [3.8, 4) is 0 Å². The minimum absolute atomic E-state index is 0.0565. The number of anilines is 1. The van der Waals surface area contributed by atoms with E-state index in [0.29, 0.717) is 23.5 Å². The number of sulfonamides is 1. The van der Waals surface area contributed by atoms with Crippen molar-refractivity contribution in [2.45, 2.75) is 38.6 Å². The van der Waals surface area contributed by atoms with Crippen molar-refractivity contribution >= 4 is 21.4 Å². The van der Waals surface area contributed by atoms with Gasteiger partial charge in [0.05, 0.1) is 12.2 Å². The summed E-state index contributed by atoms with van der Waals surface area (Å²) in [4.78, 5) is 0.0718. The Hall–Kier alpha value is -3.26. The Labute approximate surface area is 181 Å². The first-order chi connectivity index (χ1) is 14.8. The fourth-order valence-electron chi connectivity index (χ4n) is 3.45. The van der Waals surface area contributed by atoms with Crippen molar-refractivity contribution in [3.63, 3.8) is 0 Å². The summed E-state index contributed by atoms with van der Waals surface area (Å²) in [5.74, 6) is 0.313. The number of hydrogen-bond donors (Lipinski definition) is 0. The molecule has 8 heteroatoms. The van der Waals surface area contributed by atoms with E-state index in [1.807, 2.05) is 32.9 Å². The molecule has 0 aliphatic carbocycles. The van der Waals surface area contributed by atoms with E-state index in [1.165, 1.54) is 22.5 Å². The maximum absolute atomic E-state index is 13.9. The molecule has 4 rings (SSSR count). The van der Waals surface area contributed by atoms with E-state index in [4.69, 9.17) is 0 Å². The molecule has 0 radical (unpaired) electrons. The van der Waals surface area contributed by atoms with Gasteiger partial charge in [0, 0.05) is 12.6 Å². The SMILES string of the molecule is CCc1nnc2c(S(=O)(=O)N(Cc3ccc(F)cc3)c3ccc(C)c(C)c3)cccn12. The molecule has 4 aromatic rings. The second kappa shape index (κ2) is 8.11. The molecular formula is C23H23FN4O2S. The number of aryl methyl sites for hydroxylation is 3. The molecule has 2 aromatic carbocycles. The predicted octanol–water partition coefficient (Wildman–Crippen LogP) is 4.44. The fraction of sp³-hybridized carbons (Fsp3) is 0.217.